The Bertz CT molecular complexity index is 532. The maximum absolute atomic E-state index is 12.6. The molecule has 21 heavy (non-hydrogen) atoms. The second-order valence-electron chi connectivity index (χ2n) is 4.49. The molecule has 114 valence electrons. The van der Waals surface area contributed by atoms with Crippen LogP contribution in [0.5, 0.6) is 0 Å². The molecule has 0 saturated heterocycles. The molecule has 0 aromatic heterocycles. The van der Waals surface area contributed by atoms with Gasteiger partial charge in [-0.15, -0.1) is 0 Å². The molecule has 0 aliphatic carbocycles. The minimum atomic E-state index is -0.130. The van der Waals surface area contributed by atoms with Crippen molar-refractivity contribution in [2.75, 3.05) is 40.0 Å². The highest BCUT2D eigenvalue weighted by atomic mass is 16.5. The lowest BCUT2D eigenvalue weighted by molar-refractivity contribution is 0.0655. The molecule has 1 aromatic rings. The van der Waals surface area contributed by atoms with Gasteiger partial charge in [0.2, 0.25) is 0 Å². The van der Waals surface area contributed by atoms with Gasteiger partial charge in [0.1, 0.15) is 0 Å². The van der Waals surface area contributed by atoms with Crippen molar-refractivity contribution < 1.29 is 14.6 Å². The number of ether oxygens (including phenoxy) is 1. The number of aliphatic hydroxyl groups is 1. The predicted octanol–water partition coefficient (Wildman–Crippen LogP) is 0.386. The number of benzene rings is 1. The van der Waals surface area contributed by atoms with E-state index in [4.69, 9.17) is 15.6 Å². The smallest absolute Gasteiger partial charge is 0.254 e. The second kappa shape index (κ2) is 9.14. The quantitative estimate of drug-likeness (QED) is 0.743. The Labute approximate surface area is 125 Å². The van der Waals surface area contributed by atoms with Crippen LogP contribution < -0.4 is 5.73 Å². The first-order chi connectivity index (χ1) is 10.2. The fraction of sp³-hybridized carbons (Fsp3) is 0.438. The molecule has 0 unspecified atom stereocenters. The van der Waals surface area contributed by atoms with Gasteiger partial charge in [-0.2, -0.15) is 0 Å². The maximum atomic E-state index is 12.6. The van der Waals surface area contributed by atoms with Crippen LogP contribution in [0.3, 0.4) is 0 Å². The van der Waals surface area contributed by atoms with Gasteiger partial charge in [0.25, 0.3) is 5.91 Å². The van der Waals surface area contributed by atoms with Crippen LogP contribution in [0.15, 0.2) is 18.2 Å². The molecule has 0 heterocycles. The molecule has 5 heteroatoms. The van der Waals surface area contributed by atoms with Crippen LogP contribution in [0, 0.1) is 18.8 Å². The Hall–Kier alpha value is -1.87. The van der Waals surface area contributed by atoms with Crippen molar-refractivity contribution >= 4 is 5.91 Å². The first-order valence-corrected chi connectivity index (χ1v) is 6.83. The molecule has 0 atom stereocenters. The molecule has 0 fully saturated rings. The summed E-state index contributed by atoms with van der Waals surface area (Å²) in [5, 5.41) is 9.10. The second-order valence-corrected chi connectivity index (χ2v) is 4.49. The fourth-order valence-corrected chi connectivity index (χ4v) is 1.96. The zero-order valence-corrected chi connectivity index (χ0v) is 12.6. The minimum absolute atomic E-state index is 0.0822. The van der Waals surface area contributed by atoms with Crippen LogP contribution in [0.4, 0.5) is 0 Å². The van der Waals surface area contributed by atoms with Crippen LogP contribution in [0.2, 0.25) is 0 Å². The van der Waals surface area contributed by atoms with Crippen molar-refractivity contribution in [1.82, 2.24) is 4.90 Å². The van der Waals surface area contributed by atoms with Crippen molar-refractivity contribution in [1.29, 1.82) is 0 Å². The van der Waals surface area contributed by atoms with Crippen molar-refractivity contribution in [3.8, 4) is 11.8 Å². The van der Waals surface area contributed by atoms with E-state index in [1.54, 1.807) is 24.1 Å². The van der Waals surface area contributed by atoms with E-state index in [-0.39, 0.29) is 25.6 Å². The standard InChI is InChI=1S/C16H22N2O3/c1-13-14(6-4-8-17)5-3-7-15(13)16(20)18(9-11-19)10-12-21-2/h3,5,7,19H,8-12,17H2,1-2H3. The lowest BCUT2D eigenvalue weighted by Crippen LogP contribution is -2.36. The van der Waals surface area contributed by atoms with Gasteiger partial charge in [0, 0.05) is 31.3 Å². The van der Waals surface area contributed by atoms with E-state index in [0.717, 1.165) is 11.1 Å². The number of amides is 1. The molecular formula is C16H22N2O3. The van der Waals surface area contributed by atoms with Gasteiger partial charge in [-0.25, -0.2) is 0 Å². The van der Waals surface area contributed by atoms with Gasteiger partial charge in [0.15, 0.2) is 0 Å². The van der Waals surface area contributed by atoms with E-state index in [1.165, 1.54) is 0 Å². The largest absolute Gasteiger partial charge is 0.395 e. The first-order valence-electron chi connectivity index (χ1n) is 6.83. The summed E-state index contributed by atoms with van der Waals surface area (Å²) in [4.78, 5) is 14.1. The number of aliphatic hydroxyl groups excluding tert-OH is 1. The highest BCUT2D eigenvalue weighted by Gasteiger charge is 2.17. The molecule has 3 N–H and O–H groups in total. The zero-order chi connectivity index (χ0) is 15.7. The Balaban J connectivity index is 3.04. The first kappa shape index (κ1) is 17.2. The third-order valence-corrected chi connectivity index (χ3v) is 3.11. The lowest BCUT2D eigenvalue weighted by atomic mass is 10.0. The van der Waals surface area contributed by atoms with Crippen LogP contribution in [0.1, 0.15) is 21.5 Å². The number of carbonyl (C=O) groups excluding carboxylic acids is 1. The number of hydrogen-bond acceptors (Lipinski definition) is 4. The van der Waals surface area contributed by atoms with Gasteiger partial charge in [-0.1, -0.05) is 17.9 Å². The SMILES string of the molecule is COCCN(CCO)C(=O)c1cccc(C#CCN)c1C. The number of nitrogens with zero attached hydrogens (tertiary/aromatic N) is 1. The van der Waals surface area contributed by atoms with Gasteiger partial charge >= 0.3 is 0 Å². The van der Waals surface area contributed by atoms with Crippen molar-refractivity contribution in [2.45, 2.75) is 6.92 Å². The Kier molecular flexibility index (Phi) is 7.48. The average molecular weight is 290 g/mol. The summed E-state index contributed by atoms with van der Waals surface area (Å²) in [7, 11) is 1.58. The Morgan fingerprint density at radius 2 is 2.19 bits per heavy atom. The van der Waals surface area contributed by atoms with Crippen LogP contribution in [-0.4, -0.2) is 55.9 Å². The molecule has 1 rings (SSSR count). The number of hydrogen-bond donors (Lipinski definition) is 2. The van der Waals surface area contributed by atoms with E-state index >= 15 is 0 Å². The lowest BCUT2D eigenvalue weighted by Gasteiger charge is -2.22. The highest BCUT2D eigenvalue weighted by Crippen LogP contribution is 2.15. The average Bonchev–Trinajstić information content (AvgIpc) is 2.50. The Morgan fingerprint density at radius 1 is 1.43 bits per heavy atom. The molecular weight excluding hydrogens is 268 g/mol. The monoisotopic (exact) mass is 290 g/mol. The zero-order valence-electron chi connectivity index (χ0n) is 12.6. The highest BCUT2D eigenvalue weighted by molar-refractivity contribution is 5.96. The van der Waals surface area contributed by atoms with Crippen LogP contribution >= 0.6 is 0 Å². The van der Waals surface area contributed by atoms with Crippen molar-refractivity contribution in [2.24, 2.45) is 5.73 Å². The summed E-state index contributed by atoms with van der Waals surface area (Å²) in [6.07, 6.45) is 0. The molecule has 5 nitrogen and oxygen atoms in total. The molecule has 0 radical (unpaired) electrons. The van der Waals surface area contributed by atoms with E-state index in [2.05, 4.69) is 11.8 Å². The van der Waals surface area contributed by atoms with Gasteiger partial charge < -0.3 is 20.5 Å². The molecule has 0 saturated carbocycles. The van der Waals surface area contributed by atoms with E-state index in [9.17, 15) is 4.79 Å². The fourth-order valence-electron chi connectivity index (χ4n) is 1.96. The summed E-state index contributed by atoms with van der Waals surface area (Å²) in [6, 6.07) is 5.43. The maximum Gasteiger partial charge on any atom is 0.254 e. The van der Waals surface area contributed by atoms with Crippen LogP contribution in [-0.2, 0) is 4.74 Å². The third kappa shape index (κ3) is 4.87. The van der Waals surface area contributed by atoms with Gasteiger partial charge in [-0.05, 0) is 24.6 Å². The van der Waals surface area contributed by atoms with E-state index in [0.29, 0.717) is 18.7 Å². The molecule has 0 bridgehead atoms. The predicted molar refractivity (Wildman–Crippen MR) is 82.0 cm³/mol. The van der Waals surface area contributed by atoms with Crippen molar-refractivity contribution in [3.05, 3.63) is 34.9 Å². The number of nitrogens with two attached hydrogens (primary N) is 1. The van der Waals surface area contributed by atoms with Gasteiger partial charge in [0.05, 0.1) is 19.8 Å². The topological polar surface area (TPSA) is 75.8 Å². The van der Waals surface area contributed by atoms with E-state index in [1.807, 2.05) is 13.0 Å². The molecule has 0 aliphatic rings. The number of carbonyl (C=O) groups is 1. The minimum Gasteiger partial charge on any atom is -0.395 e. The van der Waals surface area contributed by atoms with Crippen molar-refractivity contribution in [3.63, 3.8) is 0 Å². The van der Waals surface area contributed by atoms with Gasteiger partial charge in [-0.3, -0.25) is 4.79 Å². The van der Waals surface area contributed by atoms with Crippen LogP contribution in [0.25, 0.3) is 0 Å². The summed E-state index contributed by atoms with van der Waals surface area (Å²) in [5.74, 6) is 5.63. The summed E-state index contributed by atoms with van der Waals surface area (Å²) < 4.78 is 5.00. The summed E-state index contributed by atoms with van der Waals surface area (Å²) >= 11 is 0. The summed E-state index contributed by atoms with van der Waals surface area (Å²) in [5.41, 5.74) is 7.58. The third-order valence-electron chi connectivity index (χ3n) is 3.11. The Morgan fingerprint density at radius 3 is 2.81 bits per heavy atom. The number of methoxy groups -OCH3 is 1. The number of rotatable bonds is 6. The normalized spacial score (nSPS) is 9.90. The molecule has 0 spiro atoms. The molecule has 0 aliphatic heterocycles. The molecule has 1 aromatic carbocycles. The van der Waals surface area contributed by atoms with E-state index < -0.39 is 0 Å². The summed E-state index contributed by atoms with van der Waals surface area (Å²) in [6.45, 7) is 3.20. The molecule has 1 amide bonds.